The van der Waals surface area contributed by atoms with E-state index >= 15 is 0 Å². The second-order valence-corrected chi connectivity index (χ2v) is 9.01. The van der Waals surface area contributed by atoms with Gasteiger partial charge in [-0.05, 0) is 80.4 Å². The zero-order chi connectivity index (χ0) is 19.1. The molecule has 2 unspecified atom stereocenters. The molecule has 0 amide bonds. The van der Waals surface area contributed by atoms with E-state index in [1.165, 1.54) is 69.8 Å². The quantitative estimate of drug-likeness (QED) is 0.355. The van der Waals surface area contributed by atoms with Gasteiger partial charge in [0.15, 0.2) is 0 Å². The lowest BCUT2D eigenvalue weighted by atomic mass is 9.77. The van der Waals surface area contributed by atoms with Crippen LogP contribution < -0.4 is 4.74 Å². The lowest BCUT2D eigenvalue weighted by molar-refractivity contribution is -0.138. The first kappa shape index (κ1) is 20.4. The van der Waals surface area contributed by atoms with E-state index in [-0.39, 0.29) is 11.9 Å². The molecule has 0 radical (unpaired) electrons. The van der Waals surface area contributed by atoms with Crippen molar-refractivity contribution in [3.8, 4) is 5.75 Å². The van der Waals surface area contributed by atoms with E-state index in [4.69, 9.17) is 4.74 Å². The van der Waals surface area contributed by atoms with Crippen molar-refractivity contribution >= 4 is 5.97 Å². The number of carbonyl (C=O) groups excluding carboxylic acids is 1. The van der Waals surface area contributed by atoms with E-state index < -0.39 is 0 Å². The fraction of sp³-hybridized carbons (Fsp3) is 0.720. The molecule has 2 aliphatic rings. The molecule has 0 spiro atoms. The molecule has 0 aliphatic heterocycles. The molecule has 2 fully saturated rings. The molecular formula is C25H38O2. The molecule has 2 nitrogen and oxygen atoms in total. The number of hydrogen-bond acceptors (Lipinski definition) is 2. The molecule has 0 heterocycles. The molecule has 2 atom stereocenters. The average molecular weight is 371 g/mol. The largest absolute Gasteiger partial charge is 0.426 e. The standard InChI is InChI=1S/C25H38O2/c1-3-5-7-19-8-11-21(12-9-19)22-14-16-24(17-15-22)27-25(26)23-13-10-20(18-23)6-4-2/h14-17,19-21,23H,3-13,18H2,1-2H3. The Bertz CT molecular complexity index is 568. The second kappa shape index (κ2) is 10.3. The third kappa shape index (κ3) is 5.83. The molecule has 2 aliphatic carbocycles. The minimum atomic E-state index is -0.0159. The fourth-order valence-corrected chi connectivity index (χ4v) is 5.24. The van der Waals surface area contributed by atoms with Crippen LogP contribution in [0.3, 0.4) is 0 Å². The van der Waals surface area contributed by atoms with E-state index in [1.54, 1.807) is 0 Å². The summed E-state index contributed by atoms with van der Waals surface area (Å²) < 4.78 is 5.69. The van der Waals surface area contributed by atoms with Crippen LogP contribution in [0.15, 0.2) is 24.3 Å². The predicted molar refractivity (Wildman–Crippen MR) is 112 cm³/mol. The molecule has 1 aromatic carbocycles. The van der Waals surface area contributed by atoms with Gasteiger partial charge in [0.1, 0.15) is 5.75 Å². The fourth-order valence-electron chi connectivity index (χ4n) is 5.24. The van der Waals surface area contributed by atoms with E-state index in [0.29, 0.717) is 5.92 Å². The van der Waals surface area contributed by atoms with E-state index in [9.17, 15) is 4.79 Å². The second-order valence-electron chi connectivity index (χ2n) is 9.01. The minimum absolute atomic E-state index is 0.0159. The van der Waals surface area contributed by atoms with Gasteiger partial charge in [-0.25, -0.2) is 0 Å². The van der Waals surface area contributed by atoms with Crippen LogP contribution in [0.2, 0.25) is 0 Å². The van der Waals surface area contributed by atoms with Crippen molar-refractivity contribution in [3.05, 3.63) is 29.8 Å². The van der Waals surface area contributed by atoms with Crippen LogP contribution in [-0.2, 0) is 4.79 Å². The number of hydrogen-bond donors (Lipinski definition) is 0. The summed E-state index contributed by atoms with van der Waals surface area (Å²) in [5.74, 6) is 3.18. The van der Waals surface area contributed by atoms with Gasteiger partial charge < -0.3 is 4.74 Å². The summed E-state index contributed by atoms with van der Waals surface area (Å²) in [6.07, 6.45) is 15.2. The molecule has 0 saturated heterocycles. The Morgan fingerprint density at radius 1 is 0.889 bits per heavy atom. The normalized spacial score (nSPS) is 28.2. The maximum absolute atomic E-state index is 12.5. The summed E-state index contributed by atoms with van der Waals surface area (Å²) >= 11 is 0. The topological polar surface area (TPSA) is 26.3 Å². The summed E-state index contributed by atoms with van der Waals surface area (Å²) in [7, 11) is 0. The predicted octanol–water partition coefficient (Wildman–Crippen LogP) is 7.27. The molecule has 3 rings (SSSR count). The van der Waals surface area contributed by atoms with Crippen molar-refractivity contribution in [2.75, 3.05) is 0 Å². The molecule has 0 aromatic heterocycles. The Balaban J connectivity index is 1.46. The molecule has 2 saturated carbocycles. The number of rotatable bonds is 8. The highest BCUT2D eigenvalue weighted by atomic mass is 16.5. The Labute approximate surface area is 166 Å². The Morgan fingerprint density at radius 2 is 1.59 bits per heavy atom. The summed E-state index contributed by atoms with van der Waals surface area (Å²) in [4.78, 5) is 12.5. The van der Waals surface area contributed by atoms with Crippen molar-refractivity contribution in [3.63, 3.8) is 0 Å². The summed E-state index contributed by atoms with van der Waals surface area (Å²) in [5.41, 5.74) is 1.42. The number of ether oxygens (including phenoxy) is 1. The molecule has 1 aromatic rings. The van der Waals surface area contributed by atoms with Crippen LogP contribution >= 0.6 is 0 Å². The highest BCUT2D eigenvalue weighted by molar-refractivity contribution is 5.75. The average Bonchev–Trinajstić information content (AvgIpc) is 3.17. The maximum atomic E-state index is 12.5. The smallest absolute Gasteiger partial charge is 0.314 e. The first-order chi connectivity index (χ1) is 13.2. The zero-order valence-corrected chi connectivity index (χ0v) is 17.4. The first-order valence-corrected chi connectivity index (χ1v) is 11.5. The van der Waals surface area contributed by atoms with Crippen molar-refractivity contribution in [1.82, 2.24) is 0 Å². The Morgan fingerprint density at radius 3 is 2.26 bits per heavy atom. The van der Waals surface area contributed by atoms with Gasteiger partial charge in [-0.3, -0.25) is 4.79 Å². The van der Waals surface area contributed by atoms with Crippen molar-refractivity contribution in [2.24, 2.45) is 17.8 Å². The van der Waals surface area contributed by atoms with Gasteiger partial charge >= 0.3 is 5.97 Å². The van der Waals surface area contributed by atoms with Gasteiger partial charge in [0.05, 0.1) is 5.92 Å². The van der Waals surface area contributed by atoms with Crippen LogP contribution in [-0.4, -0.2) is 5.97 Å². The van der Waals surface area contributed by atoms with Crippen LogP contribution in [0.1, 0.15) is 102 Å². The van der Waals surface area contributed by atoms with Crippen LogP contribution in [0.25, 0.3) is 0 Å². The van der Waals surface area contributed by atoms with Crippen molar-refractivity contribution in [1.29, 1.82) is 0 Å². The van der Waals surface area contributed by atoms with Gasteiger partial charge in [-0.2, -0.15) is 0 Å². The first-order valence-electron chi connectivity index (χ1n) is 11.5. The number of benzene rings is 1. The summed E-state index contributed by atoms with van der Waals surface area (Å²) in [6, 6.07) is 8.39. The molecular weight excluding hydrogens is 332 g/mol. The highest BCUT2D eigenvalue weighted by Crippen LogP contribution is 2.38. The molecule has 0 N–H and O–H groups in total. The molecule has 150 valence electrons. The minimum Gasteiger partial charge on any atom is -0.426 e. The Kier molecular flexibility index (Phi) is 7.79. The number of unbranched alkanes of at least 4 members (excludes halogenated alkanes) is 1. The monoisotopic (exact) mass is 370 g/mol. The van der Waals surface area contributed by atoms with Crippen LogP contribution in [0.5, 0.6) is 5.75 Å². The highest BCUT2D eigenvalue weighted by Gasteiger charge is 2.30. The van der Waals surface area contributed by atoms with Gasteiger partial charge in [-0.1, -0.05) is 58.1 Å². The van der Waals surface area contributed by atoms with E-state index in [0.717, 1.165) is 30.4 Å². The van der Waals surface area contributed by atoms with Crippen molar-refractivity contribution in [2.45, 2.75) is 96.8 Å². The maximum Gasteiger partial charge on any atom is 0.314 e. The zero-order valence-electron chi connectivity index (χ0n) is 17.4. The number of carbonyl (C=O) groups is 1. The van der Waals surface area contributed by atoms with Crippen molar-refractivity contribution < 1.29 is 9.53 Å². The van der Waals surface area contributed by atoms with Gasteiger partial charge in [0.25, 0.3) is 0 Å². The lowest BCUT2D eigenvalue weighted by Gasteiger charge is -2.28. The van der Waals surface area contributed by atoms with E-state index in [1.807, 2.05) is 12.1 Å². The number of esters is 1. The van der Waals surface area contributed by atoms with Gasteiger partial charge in [0.2, 0.25) is 0 Å². The molecule has 0 bridgehead atoms. The van der Waals surface area contributed by atoms with Gasteiger partial charge in [0, 0.05) is 0 Å². The molecule has 27 heavy (non-hydrogen) atoms. The van der Waals surface area contributed by atoms with E-state index in [2.05, 4.69) is 26.0 Å². The third-order valence-corrected chi connectivity index (χ3v) is 6.95. The third-order valence-electron chi connectivity index (χ3n) is 6.95. The van der Waals surface area contributed by atoms with Crippen LogP contribution in [0, 0.1) is 17.8 Å². The van der Waals surface area contributed by atoms with Crippen LogP contribution in [0.4, 0.5) is 0 Å². The molecule has 2 heteroatoms. The summed E-state index contributed by atoms with van der Waals surface area (Å²) in [6.45, 7) is 4.51. The SMILES string of the molecule is CCCCC1CCC(c2ccc(OC(=O)C3CCC(CCC)C3)cc2)CC1. The lowest BCUT2D eigenvalue weighted by Crippen LogP contribution is -2.18. The summed E-state index contributed by atoms with van der Waals surface area (Å²) in [5, 5.41) is 0. The van der Waals surface area contributed by atoms with Gasteiger partial charge in [-0.15, -0.1) is 0 Å². The Hall–Kier alpha value is -1.31.